The molecule has 0 saturated heterocycles. The van der Waals surface area contributed by atoms with E-state index in [1.54, 1.807) is 12.1 Å². The van der Waals surface area contributed by atoms with Crippen LogP contribution in [0.3, 0.4) is 0 Å². The molecule has 0 aliphatic rings. The highest BCUT2D eigenvalue weighted by Crippen LogP contribution is 2.16. The third-order valence-electron chi connectivity index (χ3n) is 4.24. The van der Waals surface area contributed by atoms with Crippen LogP contribution in [-0.2, 0) is 25.5 Å². The van der Waals surface area contributed by atoms with Crippen LogP contribution in [0.5, 0.6) is 0 Å². The number of hydrazine groups is 1. The zero-order valence-corrected chi connectivity index (χ0v) is 17.8. The first-order chi connectivity index (χ1) is 14.9. The van der Waals surface area contributed by atoms with E-state index in [9.17, 15) is 19.2 Å². The van der Waals surface area contributed by atoms with E-state index in [0.717, 1.165) is 17.7 Å². The summed E-state index contributed by atoms with van der Waals surface area (Å²) in [4.78, 5) is 47.3. The van der Waals surface area contributed by atoms with Crippen molar-refractivity contribution in [2.45, 2.75) is 32.6 Å². The number of ether oxygens (including phenoxy) is 1. The number of hydrogen-bond acceptors (Lipinski definition) is 5. The standard InChI is InChI=1S/C22H24ClN3O5/c1-2-15-6-3-4-7-18(15)24-19(27)8-5-9-21(29)31-14-20(28)25-26-22(30)16-10-12-17(23)13-11-16/h3-4,6-7,10-13H,2,5,8-9,14H2,1H3,(H,24,27)(H,25,28)(H,26,30). The Kier molecular flexibility index (Phi) is 9.51. The lowest BCUT2D eigenvalue weighted by Gasteiger charge is -2.10. The Balaban J connectivity index is 1.61. The van der Waals surface area contributed by atoms with Crippen LogP contribution in [0.15, 0.2) is 48.5 Å². The van der Waals surface area contributed by atoms with Crippen molar-refractivity contribution < 1.29 is 23.9 Å². The van der Waals surface area contributed by atoms with E-state index < -0.39 is 24.4 Å². The number of rotatable bonds is 9. The number of anilines is 1. The molecule has 0 bridgehead atoms. The van der Waals surface area contributed by atoms with E-state index in [-0.39, 0.29) is 25.2 Å². The number of esters is 1. The first kappa shape index (κ1) is 23.9. The molecule has 0 aliphatic carbocycles. The maximum Gasteiger partial charge on any atom is 0.306 e. The molecule has 164 valence electrons. The Hall–Kier alpha value is -3.39. The van der Waals surface area contributed by atoms with Crippen LogP contribution in [-0.4, -0.2) is 30.3 Å². The summed E-state index contributed by atoms with van der Waals surface area (Å²) in [6.07, 6.45) is 1.22. The van der Waals surface area contributed by atoms with Gasteiger partial charge < -0.3 is 10.1 Å². The molecule has 0 heterocycles. The van der Waals surface area contributed by atoms with Gasteiger partial charge in [0.1, 0.15) is 0 Å². The van der Waals surface area contributed by atoms with Crippen molar-refractivity contribution in [3.63, 3.8) is 0 Å². The minimum Gasteiger partial charge on any atom is -0.455 e. The van der Waals surface area contributed by atoms with E-state index >= 15 is 0 Å². The Morgan fingerprint density at radius 3 is 2.32 bits per heavy atom. The quantitative estimate of drug-likeness (QED) is 0.405. The summed E-state index contributed by atoms with van der Waals surface area (Å²) in [5.74, 6) is -2.03. The highest BCUT2D eigenvalue weighted by molar-refractivity contribution is 6.30. The van der Waals surface area contributed by atoms with Crippen LogP contribution in [0.1, 0.15) is 42.1 Å². The van der Waals surface area contributed by atoms with Crippen molar-refractivity contribution >= 4 is 41.0 Å². The first-order valence-electron chi connectivity index (χ1n) is 9.77. The highest BCUT2D eigenvalue weighted by atomic mass is 35.5. The zero-order valence-electron chi connectivity index (χ0n) is 17.1. The number of aryl methyl sites for hydroxylation is 1. The predicted octanol–water partition coefficient (Wildman–Crippen LogP) is 3.02. The normalized spacial score (nSPS) is 10.1. The molecule has 2 aromatic carbocycles. The number of amides is 3. The third-order valence-corrected chi connectivity index (χ3v) is 4.50. The molecule has 9 heteroatoms. The molecule has 2 aromatic rings. The van der Waals surface area contributed by atoms with Gasteiger partial charge in [-0.15, -0.1) is 0 Å². The van der Waals surface area contributed by atoms with Crippen LogP contribution >= 0.6 is 11.6 Å². The van der Waals surface area contributed by atoms with Gasteiger partial charge in [-0.3, -0.25) is 30.0 Å². The summed E-state index contributed by atoms with van der Waals surface area (Å²) in [6, 6.07) is 13.6. The van der Waals surface area contributed by atoms with Gasteiger partial charge in [0.2, 0.25) is 5.91 Å². The van der Waals surface area contributed by atoms with Gasteiger partial charge in [-0.25, -0.2) is 0 Å². The molecule has 0 atom stereocenters. The summed E-state index contributed by atoms with van der Waals surface area (Å²) in [5.41, 5.74) is 6.46. The Morgan fingerprint density at radius 2 is 1.61 bits per heavy atom. The molecule has 3 N–H and O–H groups in total. The summed E-state index contributed by atoms with van der Waals surface area (Å²) >= 11 is 5.74. The lowest BCUT2D eigenvalue weighted by atomic mass is 10.1. The molecule has 2 rings (SSSR count). The summed E-state index contributed by atoms with van der Waals surface area (Å²) in [5, 5.41) is 3.31. The number of halogens is 1. The molecular formula is C22H24ClN3O5. The van der Waals surface area contributed by atoms with Crippen LogP contribution in [0.2, 0.25) is 5.02 Å². The monoisotopic (exact) mass is 445 g/mol. The second-order valence-corrected chi connectivity index (χ2v) is 7.02. The first-order valence-corrected chi connectivity index (χ1v) is 10.1. The van der Waals surface area contributed by atoms with Gasteiger partial charge in [0, 0.05) is 29.1 Å². The van der Waals surface area contributed by atoms with Crippen molar-refractivity contribution in [1.29, 1.82) is 0 Å². The summed E-state index contributed by atoms with van der Waals surface area (Å²) in [6.45, 7) is 1.45. The van der Waals surface area contributed by atoms with Crippen molar-refractivity contribution in [3.8, 4) is 0 Å². The van der Waals surface area contributed by atoms with Crippen LogP contribution in [0.25, 0.3) is 0 Å². The highest BCUT2D eigenvalue weighted by Gasteiger charge is 2.11. The maximum absolute atomic E-state index is 12.0. The van der Waals surface area contributed by atoms with Crippen molar-refractivity contribution in [1.82, 2.24) is 10.9 Å². The number of hydrogen-bond donors (Lipinski definition) is 3. The van der Waals surface area contributed by atoms with Crippen LogP contribution < -0.4 is 16.2 Å². The topological polar surface area (TPSA) is 114 Å². The van der Waals surface area contributed by atoms with E-state index in [4.69, 9.17) is 16.3 Å². The van der Waals surface area contributed by atoms with Gasteiger partial charge in [0.15, 0.2) is 6.61 Å². The molecule has 0 radical (unpaired) electrons. The maximum atomic E-state index is 12.0. The molecule has 0 aromatic heterocycles. The third kappa shape index (κ3) is 8.47. The average molecular weight is 446 g/mol. The molecule has 0 saturated carbocycles. The number of para-hydroxylation sites is 1. The average Bonchev–Trinajstić information content (AvgIpc) is 2.76. The Labute approximate surface area is 185 Å². The van der Waals surface area contributed by atoms with Gasteiger partial charge in [-0.05, 0) is 48.7 Å². The predicted molar refractivity (Wildman–Crippen MR) is 116 cm³/mol. The minimum atomic E-state index is -0.690. The van der Waals surface area contributed by atoms with Crippen molar-refractivity contribution in [2.75, 3.05) is 11.9 Å². The number of benzene rings is 2. The van der Waals surface area contributed by atoms with Crippen molar-refractivity contribution in [3.05, 3.63) is 64.7 Å². The number of nitrogens with one attached hydrogen (secondary N) is 3. The Morgan fingerprint density at radius 1 is 0.903 bits per heavy atom. The second-order valence-electron chi connectivity index (χ2n) is 6.58. The van der Waals surface area contributed by atoms with Gasteiger partial charge in [-0.2, -0.15) is 0 Å². The molecule has 3 amide bonds. The molecular weight excluding hydrogens is 422 g/mol. The number of carbonyl (C=O) groups excluding carboxylic acids is 4. The van der Waals surface area contributed by atoms with Crippen molar-refractivity contribution in [2.24, 2.45) is 0 Å². The van der Waals surface area contributed by atoms with E-state index in [0.29, 0.717) is 10.6 Å². The molecule has 0 fully saturated rings. The van der Waals surface area contributed by atoms with Crippen LogP contribution in [0.4, 0.5) is 5.69 Å². The van der Waals surface area contributed by atoms with Gasteiger partial charge in [0.25, 0.3) is 11.8 Å². The zero-order chi connectivity index (χ0) is 22.6. The fourth-order valence-corrected chi connectivity index (χ4v) is 2.74. The largest absolute Gasteiger partial charge is 0.455 e. The smallest absolute Gasteiger partial charge is 0.306 e. The van der Waals surface area contributed by atoms with Gasteiger partial charge in [0.05, 0.1) is 0 Å². The Bertz CT molecular complexity index is 931. The fraction of sp³-hybridized carbons (Fsp3) is 0.273. The molecule has 0 spiro atoms. The lowest BCUT2D eigenvalue weighted by Crippen LogP contribution is -2.43. The van der Waals surface area contributed by atoms with Crippen LogP contribution in [0, 0.1) is 0 Å². The van der Waals surface area contributed by atoms with Gasteiger partial charge in [-0.1, -0.05) is 36.7 Å². The molecule has 8 nitrogen and oxygen atoms in total. The fourth-order valence-electron chi connectivity index (χ4n) is 2.61. The summed E-state index contributed by atoms with van der Waals surface area (Å²) < 4.78 is 4.84. The van der Waals surface area contributed by atoms with E-state index in [1.807, 2.05) is 31.2 Å². The SMILES string of the molecule is CCc1ccccc1NC(=O)CCCC(=O)OCC(=O)NNC(=O)c1ccc(Cl)cc1. The molecule has 0 aliphatic heterocycles. The second kappa shape index (κ2) is 12.3. The van der Waals surface area contributed by atoms with E-state index in [2.05, 4.69) is 16.2 Å². The molecule has 0 unspecified atom stereocenters. The minimum absolute atomic E-state index is 0.00669. The number of carbonyl (C=O) groups is 4. The van der Waals surface area contributed by atoms with E-state index in [1.165, 1.54) is 12.1 Å². The van der Waals surface area contributed by atoms with Gasteiger partial charge >= 0.3 is 5.97 Å². The summed E-state index contributed by atoms with van der Waals surface area (Å²) in [7, 11) is 0. The molecule has 31 heavy (non-hydrogen) atoms. The lowest BCUT2D eigenvalue weighted by molar-refractivity contribution is -0.148.